The highest BCUT2D eigenvalue weighted by atomic mass is 32.1. The number of aromatic nitrogens is 3. The minimum Gasteiger partial charge on any atom is -0.366 e. The van der Waals surface area contributed by atoms with Gasteiger partial charge in [-0.15, -0.1) is 0 Å². The van der Waals surface area contributed by atoms with E-state index >= 15 is 0 Å². The van der Waals surface area contributed by atoms with Gasteiger partial charge in [0.15, 0.2) is 5.82 Å². The maximum absolute atomic E-state index is 12.7. The minimum absolute atomic E-state index is 0.0172. The van der Waals surface area contributed by atoms with E-state index in [4.69, 9.17) is 0 Å². The molecule has 1 fully saturated rings. The van der Waals surface area contributed by atoms with Crippen molar-refractivity contribution in [2.45, 2.75) is 63.6 Å². The normalized spacial score (nSPS) is 19.0. The van der Waals surface area contributed by atoms with Gasteiger partial charge in [-0.3, -0.25) is 14.9 Å². The lowest BCUT2D eigenvalue weighted by Gasteiger charge is -2.28. The van der Waals surface area contributed by atoms with Crippen LogP contribution in [-0.2, 0) is 25.5 Å². The molecule has 0 radical (unpaired) electrons. The topological polar surface area (TPSA) is 126 Å². The molecule has 10 heteroatoms. The zero-order valence-electron chi connectivity index (χ0n) is 16.7. The fourth-order valence-electron chi connectivity index (χ4n) is 3.55. The molecule has 0 aliphatic heterocycles. The molecule has 1 aliphatic carbocycles. The first kappa shape index (κ1) is 21.0. The zero-order chi connectivity index (χ0) is 21.0. The Morgan fingerprint density at radius 3 is 2.72 bits per heavy atom. The van der Waals surface area contributed by atoms with E-state index in [1.165, 1.54) is 6.92 Å². The molecule has 2 atom stereocenters. The van der Waals surface area contributed by atoms with Gasteiger partial charge in [-0.05, 0) is 33.1 Å². The monoisotopic (exact) mass is 417 g/mol. The molecule has 2 amide bonds. The Morgan fingerprint density at radius 1 is 1.24 bits per heavy atom. The van der Waals surface area contributed by atoms with Crippen LogP contribution in [0, 0.1) is 5.92 Å². The van der Waals surface area contributed by atoms with Crippen molar-refractivity contribution < 1.29 is 13.8 Å². The molecule has 0 bridgehead atoms. The summed E-state index contributed by atoms with van der Waals surface area (Å²) >= 11 is 0.306. The molecule has 1 saturated carbocycles. The number of hydrogen-bond donors (Lipinski definition) is 3. The van der Waals surface area contributed by atoms with Crippen molar-refractivity contribution in [2.75, 3.05) is 10.6 Å². The smallest absolute Gasteiger partial charge is 0.366 e. The Balaban J connectivity index is 1.80. The van der Waals surface area contributed by atoms with Gasteiger partial charge in [-0.1, -0.05) is 6.42 Å². The summed E-state index contributed by atoms with van der Waals surface area (Å²) in [6.45, 7) is 5.41. The third-order valence-corrected chi connectivity index (χ3v) is 5.12. The van der Waals surface area contributed by atoms with Crippen molar-refractivity contribution in [1.82, 2.24) is 20.3 Å². The first-order valence-corrected chi connectivity index (χ1v) is 10.4. The number of rotatable bonds is 6. The van der Waals surface area contributed by atoms with Gasteiger partial charge in [0.2, 0.25) is 17.8 Å². The molecule has 2 aromatic rings. The third kappa shape index (κ3) is 5.41. The second kappa shape index (κ2) is 9.17. The number of nitrogens with zero attached hydrogens (tertiary/aromatic N) is 3. The molecule has 2 heterocycles. The number of anilines is 2. The van der Waals surface area contributed by atoms with E-state index < -0.39 is 0 Å². The van der Waals surface area contributed by atoms with Crippen molar-refractivity contribution in [1.29, 1.82) is 0 Å². The first-order valence-electron chi connectivity index (χ1n) is 9.68. The summed E-state index contributed by atoms with van der Waals surface area (Å²) in [7, 11) is 0. The summed E-state index contributed by atoms with van der Waals surface area (Å²) in [5, 5.41) is 9.87. The van der Waals surface area contributed by atoms with Gasteiger partial charge in [0.05, 0.1) is 0 Å². The van der Waals surface area contributed by atoms with Crippen LogP contribution in [0.5, 0.6) is 0 Å². The molecule has 3 N–H and O–H groups in total. The number of carbonyl (C=O) groups is 2. The molecule has 2 aromatic heterocycles. The van der Waals surface area contributed by atoms with E-state index in [1.807, 2.05) is 13.8 Å². The Hall–Kier alpha value is -2.75. The van der Waals surface area contributed by atoms with Crippen molar-refractivity contribution in [2.24, 2.45) is 5.92 Å². The van der Waals surface area contributed by atoms with E-state index in [1.54, 1.807) is 12.3 Å². The standard InChI is InChI=1S/C19H24N6O3S/c1-10(2)21-17-16-13(8-15(23-17)29-28)9-20-19(24-16)25-18(27)12-5-4-6-14(7-12)22-11(3)26/h8-10,12,14H,4-7H2,1-3H3,(H2-,20,21,22,23,24,25,26,27,28)/p+1/t12?,14-/m1/s1. The van der Waals surface area contributed by atoms with Gasteiger partial charge in [0.1, 0.15) is 5.52 Å². The van der Waals surface area contributed by atoms with E-state index in [2.05, 4.69) is 30.9 Å². The first-order chi connectivity index (χ1) is 13.9. The Morgan fingerprint density at radius 2 is 2.03 bits per heavy atom. The number of nitrogens with one attached hydrogen (secondary N) is 3. The Kier molecular flexibility index (Phi) is 6.63. The summed E-state index contributed by atoms with van der Waals surface area (Å²) in [4.78, 5) is 37.0. The maximum atomic E-state index is 12.7. The van der Waals surface area contributed by atoms with Crippen molar-refractivity contribution in [3.05, 3.63) is 12.3 Å². The summed E-state index contributed by atoms with van der Waals surface area (Å²) in [6, 6.07) is 1.74. The van der Waals surface area contributed by atoms with E-state index in [9.17, 15) is 13.8 Å². The van der Waals surface area contributed by atoms with E-state index in [-0.39, 0.29) is 35.8 Å². The van der Waals surface area contributed by atoms with E-state index in [0.717, 1.165) is 19.3 Å². The highest BCUT2D eigenvalue weighted by molar-refractivity contribution is 7.65. The average molecular weight is 418 g/mol. The molecule has 0 aromatic carbocycles. The number of carbonyl (C=O) groups excluding carboxylic acids is 2. The number of pyridine rings is 1. The Bertz CT molecular complexity index is 936. The maximum Gasteiger partial charge on any atom is 0.527 e. The highest BCUT2D eigenvalue weighted by Gasteiger charge is 2.28. The molecule has 29 heavy (non-hydrogen) atoms. The van der Waals surface area contributed by atoms with Gasteiger partial charge in [0.25, 0.3) is 0 Å². The van der Waals surface area contributed by atoms with Crippen LogP contribution in [0.25, 0.3) is 10.9 Å². The van der Waals surface area contributed by atoms with Crippen molar-refractivity contribution >= 4 is 46.1 Å². The fraction of sp³-hybridized carbons (Fsp3) is 0.526. The molecule has 9 nitrogen and oxygen atoms in total. The van der Waals surface area contributed by atoms with Crippen LogP contribution in [0.4, 0.5) is 11.8 Å². The van der Waals surface area contributed by atoms with Gasteiger partial charge in [0, 0.05) is 46.8 Å². The highest BCUT2D eigenvalue weighted by Crippen LogP contribution is 2.26. The van der Waals surface area contributed by atoms with Crippen LogP contribution < -0.4 is 16.0 Å². The quantitative estimate of drug-likeness (QED) is 0.616. The van der Waals surface area contributed by atoms with Crippen LogP contribution in [0.3, 0.4) is 0 Å². The lowest BCUT2D eigenvalue weighted by Crippen LogP contribution is -2.40. The second-order valence-corrected chi connectivity index (χ2v) is 8.16. The summed E-state index contributed by atoms with van der Waals surface area (Å²) in [5.74, 6) is 0.239. The van der Waals surface area contributed by atoms with Crippen LogP contribution in [-0.4, -0.2) is 38.8 Å². The van der Waals surface area contributed by atoms with Gasteiger partial charge in [-0.2, -0.15) is 4.98 Å². The molecular formula is C19H25N6O3S+. The predicted molar refractivity (Wildman–Crippen MR) is 111 cm³/mol. The number of fused-ring (bicyclic) bond motifs is 1. The van der Waals surface area contributed by atoms with Gasteiger partial charge in [-0.25, -0.2) is 9.97 Å². The Labute approximate surface area is 173 Å². The van der Waals surface area contributed by atoms with Crippen LogP contribution in [0.2, 0.25) is 0 Å². The van der Waals surface area contributed by atoms with E-state index in [0.29, 0.717) is 39.8 Å². The minimum atomic E-state index is -0.203. The lowest BCUT2D eigenvalue weighted by atomic mass is 9.85. The molecule has 0 saturated heterocycles. The summed E-state index contributed by atoms with van der Waals surface area (Å²) < 4.78 is 11.2. The van der Waals surface area contributed by atoms with Crippen LogP contribution in [0.1, 0.15) is 46.5 Å². The van der Waals surface area contributed by atoms with Gasteiger partial charge >= 0.3 is 16.7 Å². The molecule has 3 rings (SSSR count). The average Bonchev–Trinajstić information content (AvgIpc) is 2.67. The van der Waals surface area contributed by atoms with Crippen LogP contribution >= 0.6 is 0 Å². The largest absolute Gasteiger partial charge is 0.527 e. The predicted octanol–water partition coefficient (Wildman–Crippen LogP) is 2.27. The SMILES string of the molecule is CC(=O)N[C@@H]1CCCC(C(=O)Nc2ncc3cc([S+]=O)nc(NC(C)C)c3n2)C1. The molecule has 1 aliphatic rings. The third-order valence-electron chi connectivity index (χ3n) is 4.74. The molecule has 154 valence electrons. The van der Waals surface area contributed by atoms with Crippen molar-refractivity contribution in [3.63, 3.8) is 0 Å². The fourth-order valence-corrected chi connectivity index (χ4v) is 3.85. The van der Waals surface area contributed by atoms with Gasteiger partial charge < -0.3 is 10.6 Å². The number of amides is 2. The zero-order valence-corrected chi connectivity index (χ0v) is 17.5. The molecule has 1 unspecified atom stereocenters. The second-order valence-electron chi connectivity index (χ2n) is 7.57. The number of hydrogen-bond acceptors (Lipinski definition) is 7. The van der Waals surface area contributed by atoms with Crippen molar-refractivity contribution in [3.8, 4) is 0 Å². The lowest BCUT2D eigenvalue weighted by molar-refractivity contribution is -0.123. The van der Waals surface area contributed by atoms with Crippen LogP contribution in [0.15, 0.2) is 17.3 Å². The summed E-state index contributed by atoms with van der Waals surface area (Å²) in [6.07, 6.45) is 4.70. The molecule has 0 spiro atoms. The summed E-state index contributed by atoms with van der Waals surface area (Å²) in [5.41, 5.74) is 0.543. The molecular weight excluding hydrogens is 392 g/mol.